The van der Waals surface area contributed by atoms with Crippen LogP contribution in [0.1, 0.15) is 68.1 Å². The molecule has 0 bridgehead atoms. The highest BCUT2D eigenvalue weighted by Gasteiger charge is 2.27. The molecular weight excluding hydrogens is 592 g/mol. The number of aromatic nitrogens is 2. The molecule has 0 saturated carbocycles. The van der Waals surface area contributed by atoms with Gasteiger partial charge in [0.15, 0.2) is 0 Å². The third-order valence-corrected chi connectivity index (χ3v) is 8.40. The number of carbonyl (C=O) groups excluding carboxylic acids is 1. The molecule has 1 aliphatic heterocycles. The maximum Gasteiger partial charge on any atom is 0.265 e. The van der Waals surface area contributed by atoms with E-state index in [-0.39, 0.29) is 17.0 Å². The number of hydrogen-bond donors (Lipinski definition) is 0. The Morgan fingerprint density at radius 1 is 1.09 bits per heavy atom. The number of piperidine rings is 1. The Bertz CT molecular complexity index is 1720. The molecule has 1 fully saturated rings. The first-order valence-corrected chi connectivity index (χ1v) is 15.4. The maximum atomic E-state index is 14.4. The predicted octanol–water partition coefficient (Wildman–Crippen LogP) is 8.67. The van der Waals surface area contributed by atoms with Crippen LogP contribution in [0.3, 0.4) is 0 Å². The summed E-state index contributed by atoms with van der Waals surface area (Å²) in [7, 11) is 0. The van der Waals surface area contributed by atoms with Crippen molar-refractivity contribution in [1.82, 2.24) is 14.5 Å². The van der Waals surface area contributed by atoms with Gasteiger partial charge in [-0.05, 0) is 64.3 Å². The van der Waals surface area contributed by atoms with Gasteiger partial charge in [0.05, 0.1) is 39.8 Å². The Hall–Kier alpha value is -3.82. The van der Waals surface area contributed by atoms with Gasteiger partial charge < -0.3 is 9.64 Å². The van der Waals surface area contributed by atoms with Gasteiger partial charge in [-0.15, -0.1) is 11.3 Å². The van der Waals surface area contributed by atoms with Crippen molar-refractivity contribution >= 4 is 34.9 Å². The number of benzene rings is 2. The largest absolute Gasteiger partial charge is 0.494 e. The van der Waals surface area contributed by atoms with E-state index in [1.807, 2.05) is 31.7 Å². The predicted molar refractivity (Wildman–Crippen MR) is 169 cm³/mol. The zero-order valence-electron chi connectivity index (χ0n) is 24.2. The lowest BCUT2D eigenvalue weighted by molar-refractivity contribution is 0.0723. The molecule has 5 rings (SSSR count). The maximum absolute atomic E-state index is 14.4. The minimum atomic E-state index is -2.57. The number of carbonyl (C=O) groups is 1. The summed E-state index contributed by atoms with van der Waals surface area (Å²) in [4.78, 5) is 35.0. The minimum absolute atomic E-state index is 0.0796. The molecule has 43 heavy (non-hydrogen) atoms. The van der Waals surface area contributed by atoms with Crippen LogP contribution in [-0.4, -0.2) is 40.1 Å². The fraction of sp³-hybridized carbons (Fsp3) is 0.303. The Labute approximate surface area is 258 Å². The summed E-state index contributed by atoms with van der Waals surface area (Å²) >= 11 is 7.96. The molecule has 2 aromatic carbocycles. The molecule has 4 aromatic rings. The van der Waals surface area contributed by atoms with Crippen LogP contribution in [0.4, 0.5) is 8.78 Å². The van der Waals surface area contributed by atoms with E-state index in [0.29, 0.717) is 63.7 Å². The summed E-state index contributed by atoms with van der Waals surface area (Å²) in [6.07, 6.45) is 2.15. The molecule has 0 aliphatic carbocycles. The average molecular weight is 624 g/mol. The smallest absolute Gasteiger partial charge is 0.265 e. The van der Waals surface area contributed by atoms with Crippen molar-refractivity contribution in [1.29, 1.82) is 0 Å². The second-order valence-corrected chi connectivity index (χ2v) is 11.8. The SMILES string of the molecule is CCOc1ccc(Cl)c(-n2c(C=C(C)C)c(C(=O)N3CCCCC3)cc(-c3nc(-c4ccc(C(F)F)cc4)cs3)c2=O)c1. The second-order valence-electron chi connectivity index (χ2n) is 10.6. The van der Waals surface area contributed by atoms with E-state index < -0.39 is 12.0 Å². The van der Waals surface area contributed by atoms with Crippen molar-refractivity contribution in [2.45, 2.75) is 46.5 Å². The molecule has 0 N–H and O–H groups in total. The molecule has 10 heteroatoms. The number of hydrogen-bond acceptors (Lipinski definition) is 5. The number of alkyl halides is 2. The summed E-state index contributed by atoms with van der Waals surface area (Å²) in [6.45, 7) is 7.38. The highest BCUT2D eigenvalue weighted by atomic mass is 35.5. The van der Waals surface area contributed by atoms with Gasteiger partial charge in [0.25, 0.3) is 17.9 Å². The molecule has 3 heterocycles. The molecule has 1 amide bonds. The van der Waals surface area contributed by atoms with Crippen molar-refractivity contribution in [3.05, 3.63) is 91.7 Å². The minimum Gasteiger partial charge on any atom is -0.494 e. The lowest BCUT2D eigenvalue weighted by Gasteiger charge is -2.28. The monoisotopic (exact) mass is 623 g/mol. The Morgan fingerprint density at radius 2 is 1.81 bits per heavy atom. The van der Waals surface area contributed by atoms with Crippen LogP contribution in [0.5, 0.6) is 5.75 Å². The van der Waals surface area contributed by atoms with Gasteiger partial charge in [0.1, 0.15) is 10.8 Å². The third kappa shape index (κ3) is 6.58. The van der Waals surface area contributed by atoms with E-state index >= 15 is 0 Å². The first-order valence-electron chi connectivity index (χ1n) is 14.2. The summed E-state index contributed by atoms with van der Waals surface area (Å²) in [5, 5.41) is 2.50. The van der Waals surface area contributed by atoms with E-state index in [4.69, 9.17) is 21.3 Å². The lowest BCUT2D eigenvalue weighted by Crippen LogP contribution is -2.37. The Kier molecular flexibility index (Phi) is 9.42. The zero-order chi connectivity index (χ0) is 30.7. The molecule has 6 nitrogen and oxygen atoms in total. The summed E-state index contributed by atoms with van der Waals surface area (Å²) in [5.74, 6) is 0.369. The van der Waals surface area contributed by atoms with Crippen LogP contribution in [0.2, 0.25) is 5.02 Å². The quantitative estimate of drug-likeness (QED) is 0.197. The molecule has 224 valence electrons. The first-order chi connectivity index (χ1) is 20.7. The Balaban J connectivity index is 1.75. The average Bonchev–Trinajstić information content (AvgIpc) is 3.49. The van der Waals surface area contributed by atoms with Gasteiger partial charge in [0, 0.05) is 35.7 Å². The molecule has 0 spiro atoms. The van der Waals surface area contributed by atoms with Crippen LogP contribution in [0.15, 0.2) is 64.3 Å². The number of allylic oxidation sites excluding steroid dienone is 1. The highest BCUT2D eigenvalue weighted by molar-refractivity contribution is 7.13. The molecule has 1 aliphatic rings. The Morgan fingerprint density at radius 3 is 2.47 bits per heavy atom. The number of amides is 1. The van der Waals surface area contributed by atoms with Gasteiger partial charge >= 0.3 is 0 Å². The van der Waals surface area contributed by atoms with Gasteiger partial charge in [-0.3, -0.25) is 14.2 Å². The summed E-state index contributed by atoms with van der Waals surface area (Å²) < 4.78 is 33.4. The van der Waals surface area contributed by atoms with E-state index in [2.05, 4.69) is 0 Å². The van der Waals surface area contributed by atoms with E-state index in [1.54, 1.807) is 41.8 Å². The normalized spacial score (nSPS) is 13.3. The van der Waals surface area contributed by atoms with Crippen LogP contribution >= 0.6 is 22.9 Å². The van der Waals surface area contributed by atoms with Crippen molar-refractivity contribution in [2.75, 3.05) is 19.7 Å². The number of pyridine rings is 1. The standard InChI is InChI=1S/C33H32ClF2N3O3S/c1-4-42-23-12-13-26(34)29(17-23)39-28(16-20(2)3)24(32(40)38-14-6-5-7-15-38)18-25(33(39)41)31-37-27(19-43-31)21-8-10-22(11-9-21)30(35)36/h8-13,16-19,30H,4-7,14-15H2,1-3H3. The van der Waals surface area contributed by atoms with Crippen molar-refractivity contribution < 1.29 is 18.3 Å². The first kappa shape index (κ1) is 30.6. The van der Waals surface area contributed by atoms with Gasteiger partial charge in [-0.2, -0.15) is 0 Å². The van der Waals surface area contributed by atoms with Gasteiger partial charge in [-0.1, -0.05) is 41.4 Å². The van der Waals surface area contributed by atoms with Crippen LogP contribution in [0, 0.1) is 0 Å². The van der Waals surface area contributed by atoms with Crippen molar-refractivity contribution in [3.63, 3.8) is 0 Å². The van der Waals surface area contributed by atoms with Gasteiger partial charge in [0.2, 0.25) is 0 Å². The van der Waals surface area contributed by atoms with E-state index in [1.165, 1.54) is 28.0 Å². The van der Waals surface area contributed by atoms with Crippen LogP contribution in [0.25, 0.3) is 33.6 Å². The third-order valence-electron chi connectivity index (χ3n) is 7.20. The number of halogens is 3. The van der Waals surface area contributed by atoms with E-state index in [0.717, 1.165) is 24.8 Å². The number of ether oxygens (including phenoxy) is 1. The number of nitrogens with zero attached hydrogens (tertiary/aromatic N) is 3. The lowest BCUT2D eigenvalue weighted by atomic mass is 10.0. The number of thiazole rings is 1. The van der Waals surface area contributed by atoms with Crippen molar-refractivity contribution in [3.8, 4) is 33.3 Å². The number of rotatable bonds is 8. The second kappa shape index (κ2) is 13.2. The molecule has 0 radical (unpaired) electrons. The molecule has 1 saturated heterocycles. The fourth-order valence-corrected chi connectivity index (χ4v) is 6.17. The molecule has 0 unspecified atom stereocenters. The summed E-state index contributed by atoms with van der Waals surface area (Å²) in [6, 6.07) is 12.6. The zero-order valence-corrected chi connectivity index (χ0v) is 25.8. The number of likely N-dealkylation sites (tertiary alicyclic amines) is 1. The van der Waals surface area contributed by atoms with Gasteiger partial charge in [-0.25, -0.2) is 13.8 Å². The van der Waals surface area contributed by atoms with E-state index in [9.17, 15) is 18.4 Å². The topological polar surface area (TPSA) is 64.4 Å². The van der Waals surface area contributed by atoms with Crippen LogP contribution < -0.4 is 10.3 Å². The summed E-state index contributed by atoms with van der Waals surface area (Å²) in [5.41, 5.74) is 3.04. The highest BCUT2D eigenvalue weighted by Crippen LogP contribution is 2.33. The van der Waals surface area contributed by atoms with Crippen LogP contribution in [-0.2, 0) is 0 Å². The van der Waals surface area contributed by atoms with Crippen molar-refractivity contribution in [2.24, 2.45) is 0 Å². The molecule has 2 aromatic heterocycles. The molecule has 0 atom stereocenters. The fourth-order valence-electron chi connectivity index (χ4n) is 5.13. The molecular formula is C33H32ClF2N3O3S.